The van der Waals surface area contributed by atoms with Gasteiger partial charge in [0.25, 0.3) is 0 Å². The van der Waals surface area contributed by atoms with Gasteiger partial charge in [-0.3, -0.25) is 5.32 Å². The first-order valence-electron chi connectivity index (χ1n) is 6.08. The molecule has 92 valence electrons. The fraction of sp³-hybridized carbons (Fsp3) is 0.429. The van der Waals surface area contributed by atoms with Gasteiger partial charge in [0.1, 0.15) is 6.04 Å². The van der Waals surface area contributed by atoms with Gasteiger partial charge in [-0.2, -0.15) is 10.5 Å². The zero-order valence-corrected chi connectivity index (χ0v) is 10.1. The Morgan fingerprint density at radius 2 is 2.11 bits per heavy atom. The first-order valence-corrected chi connectivity index (χ1v) is 6.08. The van der Waals surface area contributed by atoms with E-state index in [1.165, 1.54) is 0 Å². The monoisotopic (exact) mass is 241 g/mol. The zero-order valence-electron chi connectivity index (χ0n) is 10.1. The van der Waals surface area contributed by atoms with Crippen molar-refractivity contribution in [2.24, 2.45) is 0 Å². The standard InChI is InChI=1S/C14H15N3O/c15-8-11-3-5-12(6-4-11)14(9-16)17-10-13-2-1-7-18-13/h3-6,13-14,17H,1-2,7,10H2. The van der Waals surface area contributed by atoms with Gasteiger partial charge in [-0.1, -0.05) is 12.1 Å². The summed E-state index contributed by atoms with van der Waals surface area (Å²) in [5.74, 6) is 0. The third kappa shape index (κ3) is 3.07. The smallest absolute Gasteiger partial charge is 0.121 e. The second-order valence-corrected chi connectivity index (χ2v) is 4.34. The Balaban J connectivity index is 1.95. The van der Waals surface area contributed by atoms with Gasteiger partial charge in [0.2, 0.25) is 0 Å². The van der Waals surface area contributed by atoms with Crippen LogP contribution in [-0.2, 0) is 4.74 Å². The number of hydrogen-bond acceptors (Lipinski definition) is 4. The summed E-state index contributed by atoms with van der Waals surface area (Å²) in [5, 5.41) is 21.1. The van der Waals surface area contributed by atoms with Crippen LogP contribution in [0.1, 0.15) is 30.0 Å². The Hall–Kier alpha value is -1.88. The van der Waals surface area contributed by atoms with E-state index in [0.29, 0.717) is 12.1 Å². The minimum atomic E-state index is -0.345. The highest BCUT2D eigenvalue weighted by molar-refractivity contribution is 5.34. The van der Waals surface area contributed by atoms with Gasteiger partial charge in [-0.25, -0.2) is 0 Å². The molecule has 4 nitrogen and oxygen atoms in total. The van der Waals surface area contributed by atoms with E-state index in [-0.39, 0.29) is 12.1 Å². The predicted molar refractivity (Wildman–Crippen MR) is 66.5 cm³/mol. The van der Waals surface area contributed by atoms with Crippen LogP contribution in [0.5, 0.6) is 0 Å². The number of nitrogens with one attached hydrogen (secondary N) is 1. The highest BCUT2D eigenvalue weighted by atomic mass is 16.5. The van der Waals surface area contributed by atoms with Crippen LogP contribution in [0, 0.1) is 22.7 Å². The number of nitriles is 2. The summed E-state index contributed by atoms with van der Waals surface area (Å²) >= 11 is 0. The van der Waals surface area contributed by atoms with Crippen molar-refractivity contribution in [2.75, 3.05) is 13.2 Å². The molecule has 0 radical (unpaired) electrons. The van der Waals surface area contributed by atoms with Crippen LogP contribution in [0.3, 0.4) is 0 Å². The Kier molecular flexibility index (Phi) is 4.30. The van der Waals surface area contributed by atoms with Gasteiger partial charge in [0.15, 0.2) is 0 Å². The van der Waals surface area contributed by atoms with E-state index in [2.05, 4.69) is 17.5 Å². The van der Waals surface area contributed by atoms with Gasteiger partial charge in [-0.15, -0.1) is 0 Å². The van der Waals surface area contributed by atoms with Crippen LogP contribution >= 0.6 is 0 Å². The van der Waals surface area contributed by atoms with Crippen molar-refractivity contribution in [2.45, 2.75) is 25.0 Å². The maximum absolute atomic E-state index is 9.16. The zero-order chi connectivity index (χ0) is 12.8. The van der Waals surface area contributed by atoms with Crippen molar-refractivity contribution in [1.29, 1.82) is 10.5 Å². The van der Waals surface area contributed by atoms with Crippen LogP contribution in [0.2, 0.25) is 0 Å². The van der Waals surface area contributed by atoms with E-state index in [9.17, 15) is 0 Å². The third-order valence-electron chi connectivity index (χ3n) is 3.08. The second kappa shape index (κ2) is 6.16. The molecule has 1 aromatic carbocycles. The summed E-state index contributed by atoms with van der Waals surface area (Å²) < 4.78 is 5.51. The number of benzene rings is 1. The topological polar surface area (TPSA) is 68.8 Å². The molecule has 0 amide bonds. The summed E-state index contributed by atoms with van der Waals surface area (Å²) in [7, 11) is 0. The number of hydrogen-bond donors (Lipinski definition) is 1. The van der Waals surface area contributed by atoms with Crippen LogP contribution in [-0.4, -0.2) is 19.3 Å². The van der Waals surface area contributed by atoms with Gasteiger partial charge < -0.3 is 4.74 Å². The molecule has 0 aromatic heterocycles. The fourth-order valence-corrected chi connectivity index (χ4v) is 2.04. The van der Waals surface area contributed by atoms with Crippen LogP contribution in [0.15, 0.2) is 24.3 Å². The molecule has 1 aromatic rings. The lowest BCUT2D eigenvalue weighted by Crippen LogP contribution is -2.29. The molecule has 0 bridgehead atoms. The lowest BCUT2D eigenvalue weighted by molar-refractivity contribution is 0.109. The minimum absolute atomic E-state index is 0.222. The molecule has 2 rings (SSSR count). The molecule has 1 heterocycles. The van der Waals surface area contributed by atoms with Gasteiger partial charge in [0.05, 0.1) is 23.8 Å². The molecule has 18 heavy (non-hydrogen) atoms. The molecule has 4 heteroatoms. The number of ether oxygens (including phenoxy) is 1. The van der Waals surface area contributed by atoms with Crippen molar-refractivity contribution < 1.29 is 4.74 Å². The van der Waals surface area contributed by atoms with E-state index in [1.807, 2.05) is 12.1 Å². The quantitative estimate of drug-likeness (QED) is 0.874. The molecule has 2 unspecified atom stereocenters. The summed E-state index contributed by atoms with van der Waals surface area (Å²) in [5.41, 5.74) is 1.49. The average Bonchev–Trinajstić information content (AvgIpc) is 2.93. The van der Waals surface area contributed by atoms with E-state index in [1.54, 1.807) is 12.1 Å². The normalized spacial score (nSPS) is 20.0. The molecule has 1 aliphatic heterocycles. The fourth-order valence-electron chi connectivity index (χ4n) is 2.04. The maximum atomic E-state index is 9.16. The molecule has 0 saturated carbocycles. The number of nitrogens with zero attached hydrogens (tertiary/aromatic N) is 2. The Bertz CT molecular complexity index is 463. The van der Waals surface area contributed by atoms with Crippen molar-refractivity contribution in [3.05, 3.63) is 35.4 Å². The van der Waals surface area contributed by atoms with E-state index in [0.717, 1.165) is 25.0 Å². The minimum Gasteiger partial charge on any atom is -0.377 e. The Morgan fingerprint density at radius 3 is 2.67 bits per heavy atom. The molecule has 1 aliphatic rings. The molecule has 1 fully saturated rings. The first-order chi connectivity index (χ1) is 8.83. The summed E-state index contributed by atoms with van der Waals surface area (Å²) in [4.78, 5) is 0. The highest BCUT2D eigenvalue weighted by Crippen LogP contribution is 2.15. The molecule has 0 aliphatic carbocycles. The summed E-state index contributed by atoms with van der Waals surface area (Å²) in [6.45, 7) is 1.51. The lowest BCUT2D eigenvalue weighted by Gasteiger charge is -2.15. The Labute approximate surface area is 107 Å². The van der Waals surface area contributed by atoms with Crippen LogP contribution in [0.4, 0.5) is 0 Å². The molecule has 2 atom stereocenters. The highest BCUT2D eigenvalue weighted by Gasteiger charge is 2.17. The van der Waals surface area contributed by atoms with E-state index in [4.69, 9.17) is 15.3 Å². The van der Waals surface area contributed by atoms with Gasteiger partial charge in [0, 0.05) is 13.2 Å². The van der Waals surface area contributed by atoms with Crippen molar-refractivity contribution in [3.63, 3.8) is 0 Å². The molecular formula is C14H15N3O. The van der Waals surface area contributed by atoms with E-state index < -0.39 is 0 Å². The van der Waals surface area contributed by atoms with Crippen molar-refractivity contribution in [1.82, 2.24) is 5.32 Å². The molecule has 1 saturated heterocycles. The van der Waals surface area contributed by atoms with Crippen LogP contribution < -0.4 is 5.32 Å². The maximum Gasteiger partial charge on any atom is 0.121 e. The average molecular weight is 241 g/mol. The largest absolute Gasteiger partial charge is 0.377 e. The SMILES string of the molecule is N#Cc1ccc(C(C#N)NCC2CCCO2)cc1. The van der Waals surface area contributed by atoms with Gasteiger partial charge >= 0.3 is 0 Å². The van der Waals surface area contributed by atoms with Gasteiger partial charge in [-0.05, 0) is 30.5 Å². The predicted octanol–water partition coefficient (Wildman–Crippen LogP) is 1.89. The first kappa shape index (κ1) is 12.6. The van der Waals surface area contributed by atoms with Crippen molar-refractivity contribution >= 4 is 0 Å². The lowest BCUT2D eigenvalue weighted by atomic mass is 10.1. The summed E-state index contributed by atoms with van der Waals surface area (Å²) in [6.07, 6.45) is 2.37. The Morgan fingerprint density at radius 1 is 1.33 bits per heavy atom. The van der Waals surface area contributed by atoms with Crippen molar-refractivity contribution in [3.8, 4) is 12.1 Å². The molecular weight excluding hydrogens is 226 g/mol. The van der Waals surface area contributed by atoms with Crippen LogP contribution in [0.25, 0.3) is 0 Å². The second-order valence-electron chi connectivity index (χ2n) is 4.34. The third-order valence-corrected chi connectivity index (χ3v) is 3.08. The molecule has 0 spiro atoms. The number of rotatable bonds is 4. The molecule has 1 N–H and O–H groups in total. The summed E-state index contributed by atoms with van der Waals surface area (Å²) in [6, 6.07) is 11.0. The van der Waals surface area contributed by atoms with E-state index >= 15 is 0 Å².